The van der Waals surface area contributed by atoms with E-state index < -0.39 is 0 Å². The van der Waals surface area contributed by atoms with Crippen molar-refractivity contribution in [1.82, 2.24) is 10.2 Å². The summed E-state index contributed by atoms with van der Waals surface area (Å²) in [5.41, 5.74) is 1.29. The van der Waals surface area contributed by atoms with Crippen LogP contribution in [0.1, 0.15) is 33.3 Å². The molecule has 2 N–H and O–H groups in total. The lowest BCUT2D eigenvalue weighted by Gasteiger charge is -2.23. The third-order valence-corrected chi connectivity index (χ3v) is 3.59. The summed E-state index contributed by atoms with van der Waals surface area (Å²) < 4.78 is 5.68. The van der Waals surface area contributed by atoms with Crippen molar-refractivity contribution in [2.45, 2.75) is 39.2 Å². The minimum atomic E-state index is -0.214. The van der Waals surface area contributed by atoms with Crippen LogP contribution in [0.15, 0.2) is 24.3 Å². The van der Waals surface area contributed by atoms with E-state index in [9.17, 15) is 4.79 Å². The molecule has 0 bridgehead atoms. The molecule has 1 aromatic rings. The van der Waals surface area contributed by atoms with E-state index in [1.165, 1.54) is 10.5 Å². The van der Waals surface area contributed by atoms with E-state index in [4.69, 9.17) is 9.84 Å². The standard InChI is InChI=1S/C17H28N2O3/c1-13(12-20)19(5)16(21)18-9-10-22-15-8-6-7-14(11-15)17(2,3)4/h6-8,11,13,20H,9-10,12H2,1-5H3,(H,18,21). The number of nitrogens with zero attached hydrogens (tertiary/aromatic N) is 1. The van der Waals surface area contributed by atoms with E-state index in [-0.39, 0.29) is 24.1 Å². The molecule has 0 radical (unpaired) electrons. The molecule has 0 aliphatic heterocycles. The van der Waals surface area contributed by atoms with Gasteiger partial charge in [-0.05, 0) is 30.0 Å². The molecule has 1 rings (SSSR count). The molecule has 0 fully saturated rings. The van der Waals surface area contributed by atoms with Crippen LogP contribution in [-0.4, -0.2) is 48.9 Å². The summed E-state index contributed by atoms with van der Waals surface area (Å²) >= 11 is 0. The fourth-order valence-electron chi connectivity index (χ4n) is 1.83. The Morgan fingerprint density at radius 3 is 2.68 bits per heavy atom. The fraction of sp³-hybridized carbons (Fsp3) is 0.588. The van der Waals surface area contributed by atoms with Crippen LogP contribution >= 0.6 is 0 Å². The average molecular weight is 308 g/mol. The number of benzene rings is 1. The third kappa shape index (κ3) is 5.56. The second-order valence-corrected chi connectivity index (χ2v) is 6.50. The minimum absolute atomic E-state index is 0.0555. The van der Waals surface area contributed by atoms with Gasteiger partial charge < -0.3 is 20.1 Å². The van der Waals surface area contributed by atoms with Crippen molar-refractivity contribution in [1.29, 1.82) is 0 Å². The van der Waals surface area contributed by atoms with Crippen molar-refractivity contribution in [3.05, 3.63) is 29.8 Å². The quantitative estimate of drug-likeness (QED) is 0.793. The summed E-state index contributed by atoms with van der Waals surface area (Å²) in [5, 5.41) is 11.8. The van der Waals surface area contributed by atoms with Gasteiger partial charge in [0.1, 0.15) is 12.4 Å². The van der Waals surface area contributed by atoms with E-state index in [1.807, 2.05) is 18.2 Å². The number of urea groups is 1. The number of carbonyl (C=O) groups is 1. The molecule has 1 unspecified atom stereocenters. The third-order valence-electron chi connectivity index (χ3n) is 3.59. The lowest BCUT2D eigenvalue weighted by atomic mass is 9.87. The first kappa shape index (κ1) is 18.3. The smallest absolute Gasteiger partial charge is 0.317 e. The van der Waals surface area contributed by atoms with Gasteiger partial charge in [-0.1, -0.05) is 32.9 Å². The van der Waals surface area contributed by atoms with Crippen molar-refractivity contribution in [3.8, 4) is 5.75 Å². The van der Waals surface area contributed by atoms with Gasteiger partial charge in [0.2, 0.25) is 0 Å². The number of aliphatic hydroxyl groups excluding tert-OH is 1. The normalized spacial score (nSPS) is 12.6. The highest BCUT2D eigenvalue weighted by Crippen LogP contribution is 2.25. The first-order chi connectivity index (χ1) is 10.3. The van der Waals surface area contributed by atoms with Crippen LogP contribution < -0.4 is 10.1 Å². The van der Waals surface area contributed by atoms with Gasteiger partial charge in [0.05, 0.1) is 19.2 Å². The van der Waals surface area contributed by atoms with Crippen molar-refractivity contribution < 1.29 is 14.6 Å². The molecule has 0 aromatic heterocycles. The maximum atomic E-state index is 11.8. The minimum Gasteiger partial charge on any atom is -0.492 e. The molecule has 22 heavy (non-hydrogen) atoms. The summed E-state index contributed by atoms with van der Waals surface area (Å²) in [5.74, 6) is 0.804. The molecule has 0 aliphatic carbocycles. The second kappa shape index (κ2) is 8.03. The molecule has 0 aliphatic rings. The maximum absolute atomic E-state index is 11.8. The van der Waals surface area contributed by atoms with Gasteiger partial charge in [-0.2, -0.15) is 0 Å². The van der Waals surface area contributed by atoms with Gasteiger partial charge in [0.15, 0.2) is 0 Å². The number of nitrogens with one attached hydrogen (secondary N) is 1. The highest BCUT2D eigenvalue weighted by molar-refractivity contribution is 5.74. The zero-order chi connectivity index (χ0) is 16.8. The molecule has 5 heteroatoms. The Balaban J connectivity index is 2.41. The first-order valence-electron chi connectivity index (χ1n) is 7.60. The SMILES string of the molecule is CC(CO)N(C)C(=O)NCCOc1cccc(C(C)(C)C)c1. The Morgan fingerprint density at radius 1 is 1.41 bits per heavy atom. The summed E-state index contributed by atoms with van der Waals surface area (Å²) in [4.78, 5) is 13.3. The Hall–Kier alpha value is -1.75. The molecule has 124 valence electrons. The Morgan fingerprint density at radius 2 is 2.09 bits per heavy atom. The predicted octanol–water partition coefficient (Wildman–Crippen LogP) is 2.39. The van der Waals surface area contributed by atoms with Crippen LogP contribution in [0.2, 0.25) is 0 Å². The molecule has 5 nitrogen and oxygen atoms in total. The van der Waals surface area contributed by atoms with Crippen LogP contribution in [-0.2, 0) is 5.41 Å². The van der Waals surface area contributed by atoms with Gasteiger partial charge in [0.25, 0.3) is 0 Å². The van der Waals surface area contributed by atoms with Crippen LogP contribution in [0, 0.1) is 0 Å². The van der Waals surface area contributed by atoms with E-state index in [0.29, 0.717) is 13.2 Å². The summed E-state index contributed by atoms with van der Waals surface area (Å²) in [6.45, 7) is 9.02. The molecule has 2 amide bonds. The number of carbonyl (C=O) groups excluding carboxylic acids is 1. The van der Waals surface area contributed by atoms with Crippen molar-refractivity contribution in [2.24, 2.45) is 0 Å². The van der Waals surface area contributed by atoms with Crippen molar-refractivity contribution in [2.75, 3.05) is 26.8 Å². The highest BCUT2D eigenvalue weighted by atomic mass is 16.5. The van der Waals surface area contributed by atoms with Gasteiger partial charge in [-0.25, -0.2) is 4.79 Å². The summed E-state index contributed by atoms with van der Waals surface area (Å²) in [7, 11) is 1.66. The van der Waals surface area contributed by atoms with Crippen LogP contribution in [0.4, 0.5) is 4.79 Å². The number of ether oxygens (including phenoxy) is 1. The molecule has 0 spiro atoms. The molecule has 1 aromatic carbocycles. The number of hydrogen-bond acceptors (Lipinski definition) is 3. The van der Waals surface area contributed by atoms with E-state index in [1.54, 1.807) is 14.0 Å². The Kier molecular flexibility index (Phi) is 6.68. The summed E-state index contributed by atoms with van der Waals surface area (Å²) in [6.07, 6.45) is 0. The lowest BCUT2D eigenvalue weighted by Crippen LogP contribution is -2.44. The van der Waals surface area contributed by atoms with Crippen molar-refractivity contribution >= 4 is 6.03 Å². The number of aliphatic hydroxyl groups is 1. The van der Waals surface area contributed by atoms with E-state index in [2.05, 4.69) is 32.2 Å². The zero-order valence-corrected chi connectivity index (χ0v) is 14.2. The maximum Gasteiger partial charge on any atom is 0.317 e. The van der Waals surface area contributed by atoms with Crippen LogP contribution in [0.25, 0.3) is 0 Å². The number of amides is 2. The monoisotopic (exact) mass is 308 g/mol. The summed E-state index contributed by atoms with van der Waals surface area (Å²) in [6, 6.07) is 7.59. The number of hydrogen-bond donors (Lipinski definition) is 2. The molecule has 0 heterocycles. The van der Waals surface area contributed by atoms with E-state index in [0.717, 1.165) is 5.75 Å². The van der Waals surface area contributed by atoms with Gasteiger partial charge in [-0.15, -0.1) is 0 Å². The molecule has 0 saturated carbocycles. The van der Waals surface area contributed by atoms with Crippen LogP contribution in [0.5, 0.6) is 5.75 Å². The first-order valence-corrected chi connectivity index (χ1v) is 7.60. The highest BCUT2D eigenvalue weighted by Gasteiger charge is 2.15. The Labute approximate surface area is 133 Å². The second-order valence-electron chi connectivity index (χ2n) is 6.50. The van der Waals surface area contributed by atoms with Crippen molar-refractivity contribution in [3.63, 3.8) is 0 Å². The Bertz CT molecular complexity index is 483. The predicted molar refractivity (Wildman–Crippen MR) is 88.3 cm³/mol. The van der Waals surface area contributed by atoms with Crippen LogP contribution in [0.3, 0.4) is 0 Å². The molecule has 0 saturated heterocycles. The largest absolute Gasteiger partial charge is 0.492 e. The van der Waals surface area contributed by atoms with Gasteiger partial charge in [-0.3, -0.25) is 0 Å². The van der Waals surface area contributed by atoms with E-state index >= 15 is 0 Å². The zero-order valence-electron chi connectivity index (χ0n) is 14.2. The molecule has 1 atom stereocenters. The van der Waals surface area contributed by atoms with Gasteiger partial charge in [0, 0.05) is 7.05 Å². The fourth-order valence-corrected chi connectivity index (χ4v) is 1.83. The lowest BCUT2D eigenvalue weighted by molar-refractivity contribution is 0.156. The van der Waals surface area contributed by atoms with Gasteiger partial charge >= 0.3 is 6.03 Å². The average Bonchev–Trinajstić information content (AvgIpc) is 2.49. The molecular weight excluding hydrogens is 280 g/mol. The molecular formula is C17H28N2O3. The topological polar surface area (TPSA) is 61.8 Å². The number of rotatable bonds is 6. The number of likely N-dealkylation sites (N-methyl/N-ethyl adjacent to an activating group) is 1.